The van der Waals surface area contributed by atoms with E-state index in [1.165, 1.54) is 18.2 Å². The van der Waals surface area contributed by atoms with Crippen molar-refractivity contribution in [3.63, 3.8) is 0 Å². The number of carbonyl (C=O) groups is 2. The zero-order chi connectivity index (χ0) is 19.1. The Balaban J connectivity index is 1.93. The fourth-order valence-electron chi connectivity index (χ4n) is 2.53. The summed E-state index contributed by atoms with van der Waals surface area (Å²) in [6.45, 7) is 1.93. The van der Waals surface area contributed by atoms with Crippen LogP contribution in [0.3, 0.4) is 0 Å². The van der Waals surface area contributed by atoms with E-state index < -0.39 is 21.8 Å². The van der Waals surface area contributed by atoms with Gasteiger partial charge in [0, 0.05) is 22.1 Å². The number of hydrogen-bond donors (Lipinski definition) is 1. The summed E-state index contributed by atoms with van der Waals surface area (Å²) in [4.78, 5) is 24.5. The van der Waals surface area contributed by atoms with Crippen LogP contribution in [-0.2, 0) is 14.8 Å². The zero-order valence-electron chi connectivity index (χ0n) is 13.6. The van der Waals surface area contributed by atoms with Crippen molar-refractivity contribution in [1.82, 2.24) is 0 Å². The van der Waals surface area contributed by atoms with E-state index in [1.54, 1.807) is 12.1 Å². The Hall–Kier alpha value is -1.90. The van der Waals surface area contributed by atoms with Crippen LogP contribution in [0.1, 0.15) is 22.3 Å². The van der Waals surface area contributed by atoms with Gasteiger partial charge in [-0.15, -0.1) is 0 Å². The monoisotopic (exact) mass is 456 g/mol. The van der Waals surface area contributed by atoms with Gasteiger partial charge in [0.1, 0.15) is 0 Å². The van der Waals surface area contributed by atoms with E-state index >= 15 is 0 Å². The molecule has 136 valence electrons. The highest BCUT2D eigenvalue weighted by Gasteiger charge is 2.37. The molecule has 0 atom stereocenters. The molecule has 0 unspecified atom stereocenters. The minimum absolute atomic E-state index is 0.00750. The normalized spacial score (nSPS) is 16.0. The molecule has 3 rings (SSSR count). The Bertz CT molecular complexity index is 1020. The Morgan fingerprint density at radius 3 is 2.58 bits per heavy atom. The molecule has 2 aromatic rings. The van der Waals surface area contributed by atoms with Crippen molar-refractivity contribution < 1.29 is 18.0 Å². The standard InChI is InChI=1S/C17H14BrClN2O4S/c1-10-2-4-12(9-13(10)18)20-17(23)11-3-5-14(19)15(8-11)21-16(22)6-7-26(21,24)25/h2-5,8-9H,6-7H2,1H3,(H,20,23). The second-order valence-electron chi connectivity index (χ2n) is 5.81. The largest absolute Gasteiger partial charge is 0.322 e. The van der Waals surface area contributed by atoms with Crippen LogP contribution in [0, 0.1) is 6.92 Å². The highest BCUT2D eigenvalue weighted by atomic mass is 79.9. The van der Waals surface area contributed by atoms with Gasteiger partial charge in [-0.2, -0.15) is 0 Å². The van der Waals surface area contributed by atoms with Gasteiger partial charge in [-0.25, -0.2) is 12.7 Å². The van der Waals surface area contributed by atoms with Gasteiger partial charge >= 0.3 is 0 Å². The molecule has 9 heteroatoms. The number of halogens is 2. The third-order valence-corrected chi connectivity index (χ3v) is 6.79. The Labute approximate surface area is 164 Å². The van der Waals surface area contributed by atoms with Crippen LogP contribution in [0.5, 0.6) is 0 Å². The molecule has 6 nitrogen and oxygen atoms in total. The van der Waals surface area contributed by atoms with Crippen LogP contribution in [-0.4, -0.2) is 26.0 Å². The second-order valence-corrected chi connectivity index (χ2v) is 9.01. The van der Waals surface area contributed by atoms with Crippen LogP contribution < -0.4 is 9.62 Å². The van der Waals surface area contributed by atoms with Gasteiger partial charge in [0.05, 0.1) is 16.5 Å². The Morgan fingerprint density at radius 2 is 1.96 bits per heavy atom. The first-order chi connectivity index (χ1) is 12.2. The van der Waals surface area contributed by atoms with Gasteiger partial charge in [0.25, 0.3) is 5.91 Å². The predicted octanol–water partition coefficient (Wildman–Crippen LogP) is 3.73. The quantitative estimate of drug-likeness (QED) is 0.761. The molecule has 2 aromatic carbocycles. The molecule has 1 heterocycles. The third-order valence-electron chi connectivity index (χ3n) is 3.94. The maximum absolute atomic E-state index is 12.5. The fourth-order valence-corrected chi connectivity index (χ4v) is 4.63. The maximum Gasteiger partial charge on any atom is 0.255 e. The lowest BCUT2D eigenvalue weighted by Gasteiger charge is -2.17. The summed E-state index contributed by atoms with van der Waals surface area (Å²) in [5.41, 5.74) is 1.78. The first-order valence-electron chi connectivity index (χ1n) is 7.62. The summed E-state index contributed by atoms with van der Waals surface area (Å²) >= 11 is 9.47. The number of aryl methyl sites for hydroxylation is 1. The van der Waals surface area contributed by atoms with Gasteiger partial charge in [0.2, 0.25) is 15.9 Å². The second kappa shape index (κ2) is 7.02. The molecule has 0 radical (unpaired) electrons. The number of nitrogens with one attached hydrogen (secondary N) is 1. The molecule has 0 saturated carbocycles. The van der Waals surface area contributed by atoms with Crippen molar-refractivity contribution in [2.24, 2.45) is 0 Å². The summed E-state index contributed by atoms with van der Waals surface area (Å²) < 4.78 is 25.7. The number of nitrogens with zero attached hydrogens (tertiary/aromatic N) is 1. The molecule has 0 spiro atoms. The van der Waals surface area contributed by atoms with Crippen molar-refractivity contribution in [2.45, 2.75) is 13.3 Å². The van der Waals surface area contributed by atoms with Crippen LogP contribution in [0.4, 0.5) is 11.4 Å². The molecule has 1 N–H and O–H groups in total. The number of carbonyl (C=O) groups excluding carboxylic acids is 2. The highest BCUT2D eigenvalue weighted by Crippen LogP contribution is 2.33. The molecular weight excluding hydrogens is 444 g/mol. The first-order valence-corrected chi connectivity index (χ1v) is 10.4. The molecular formula is C17H14BrClN2O4S. The molecule has 0 aliphatic carbocycles. The lowest BCUT2D eigenvalue weighted by molar-refractivity contribution is -0.116. The fraction of sp³-hybridized carbons (Fsp3) is 0.176. The Kier molecular flexibility index (Phi) is 5.09. The zero-order valence-corrected chi connectivity index (χ0v) is 16.8. The van der Waals surface area contributed by atoms with E-state index in [9.17, 15) is 18.0 Å². The number of hydrogen-bond acceptors (Lipinski definition) is 4. The molecule has 1 aliphatic heterocycles. The van der Waals surface area contributed by atoms with E-state index in [0.717, 1.165) is 10.0 Å². The highest BCUT2D eigenvalue weighted by molar-refractivity contribution is 9.10. The van der Waals surface area contributed by atoms with Gasteiger partial charge in [0.15, 0.2) is 0 Å². The average molecular weight is 458 g/mol. The van der Waals surface area contributed by atoms with Crippen LogP contribution >= 0.6 is 27.5 Å². The summed E-state index contributed by atoms with van der Waals surface area (Å²) in [5.74, 6) is -1.27. The van der Waals surface area contributed by atoms with Crippen molar-refractivity contribution in [1.29, 1.82) is 0 Å². The van der Waals surface area contributed by atoms with Crippen LogP contribution in [0.2, 0.25) is 5.02 Å². The minimum atomic E-state index is -3.76. The SMILES string of the molecule is Cc1ccc(NC(=O)c2ccc(Cl)c(N3C(=O)CCS3(=O)=O)c2)cc1Br. The van der Waals surface area contributed by atoms with Crippen molar-refractivity contribution >= 4 is 60.7 Å². The summed E-state index contributed by atoms with van der Waals surface area (Å²) in [6, 6.07) is 9.54. The third kappa shape index (κ3) is 3.62. The van der Waals surface area contributed by atoms with Gasteiger partial charge < -0.3 is 5.32 Å². The first kappa shape index (κ1) is 18.9. The molecule has 0 bridgehead atoms. The van der Waals surface area contributed by atoms with Crippen LogP contribution in [0.25, 0.3) is 0 Å². The van der Waals surface area contributed by atoms with Gasteiger partial charge in [-0.3, -0.25) is 9.59 Å². The molecule has 1 fully saturated rings. The van der Waals surface area contributed by atoms with Crippen molar-refractivity contribution in [3.8, 4) is 0 Å². The van der Waals surface area contributed by atoms with Gasteiger partial charge in [-0.1, -0.05) is 33.6 Å². The molecule has 0 aromatic heterocycles. The van der Waals surface area contributed by atoms with Crippen molar-refractivity contribution in [3.05, 3.63) is 57.0 Å². The van der Waals surface area contributed by atoms with E-state index in [0.29, 0.717) is 9.99 Å². The number of rotatable bonds is 3. The minimum Gasteiger partial charge on any atom is -0.322 e. The Morgan fingerprint density at radius 1 is 1.23 bits per heavy atom. The van der Waals surface area contributed by atoms with E-state index in [1.807, 2.05) is 13.0 Å². The lowest BCUT2D eigenvalue weighted by atomic mass is 10.1. The van der Waals surface area contributed by atoms with E-state index in [4.69, 9.17) is 11.6 Å². The van der Waals surface area contributed by atoms with Crippen molar-refractivity contribution in [2.75, 3.05) is 15.4 Å². The molecule has 1 saturated heterocycles. The lowest BCUT2D eigenvalue weighted by Crippen LogP contribution is -2.29. The maximum atomic E-state index is 12.5. The summed E-state index contributed by atoms with van der Waals surface area (Å²) in [6.07, 6.45) is -0.105. The molecule has 1 aliphatic rings. The van der Waals surface area contributed by atoms with E-state index in [2.05, 4.69) is 21.2 Å². The number of benzene rings is 2. The topological polar surface area (TPSA) is 83.6 Å². The smallest absolute Gasteiger partial charge is 0.255 e. The average Bonchev–Trinajstić information content (AvgIpc) is 2.85. The molecule has 26 heavy (non-hydrogen) atoms. The number of anilines is 2. The van der Waals surface area contributed by atoms with Crippen LogP contribution in [0.15, 0.2) is 40.9 Å². The number of amides is 2. The summed E-state index contributed by atoms with van der Waals surface area (Å²) in [7, 11) is -3.76. The van der Waals surface area contributed by atoms with E-state index in [-0.39, 0.29) is 28.4 Å². The molecule has 2 amide bonds. The summed E-state index contributed by atoms with van der Waals surface area (Å²) in [5, 5.41) is 2.81. The number of sulfonamides is 1. The predicted molar refractivity (Wildman–Crippen MR) is 104 cm³/mol. The van der Waals surface area contributed by atoms with Gasteiger partial charge in [-0.05, 0) is 42.8 Å².